The third kappa shape index (κ3) is 5.52. The number of anilines is 1. The molecule has 0 aliphatic carbocycles. The van der Waals surface area contributed by atoms with Crippen LogP contribution in [0.2, 0.25) is 0 Å². The molecule has 1 aliphatic rings. The van der Waals surface area contributed by atoms with Gasteiger partial charge in [0.2, 0.25) is 5.91 Å². The Hall–Kier alpha value is -1.96. The van der Waals surface area contributed by atoms with Crippen molar-refractivity contribution in [1.29, 1.82) is 0 Å². The number of aromatic nitrogens is 1. The first kappa shape index (κ1) is 18.8. The highest BCUT2D eigenvalue weighted by molar-refractivity contribution is 7.15. The maximum atomic E-state index is 12.2. The lowest BCUT2D eigenvalue weighted by Gasteiger charge is -2.26. The number of hydrogen-bond donors (Lipinski definition) is 2. The summed E-state index contributed by atoms with van der Waals surface area (Å²) in [6, 6.07) is 9.53. The summed E-state index contributed by atoms with van der Waals surface area (Å²) in [5, 5.41) is 14.3. The number of thiazole rings is 1. The van der Waals surface area contributed by atoms with E-state index in [-0.39, 0.29) is 12.5 Å². The molecule has 1 amide bonds. The van der Waals surface area contributed by atoms with E-state index in [2.05, 4.69) is 15.2 Å². The van der Waals surface area contributed by atoms with Gasteiger partial charge in [0.25, 0.3) is 0 Å². The Bertz CT molecular complexity index is 722. The number of ether oxygens (including phenoxy) is 1. The van der Waals surface area contributed by atoms with Crippen LogP contribution in [0.15, 0.2) is 36.5 Å². The molecule has 3 rings (SSSR count). The van der Waals surface area contributed by atoms with Crippen molar-refractivity contribution < 1.29 is 14.6 Å². The fraction of sp³-hybridized carbons (Fsp3) is 0.474. The van der Waals surface area contributed by atoms with Gasteiger partial charge < -0.3 is 15.2 Å². The van der Waals surface area contributed by atoms with Crippen molar-refractivity contribution in [3.05, 3.63) is 41.4 Å². The van der Waals surface area contributed by atoms with Gasteiger partial charge >= 0.3 is 0 Å². The molecule has 1 saturated heterocycles. The number of carbonyl (C=O) groups excluding carboxylic acids is 1. The fourth-order valence-electron chi connectivity index (χ4n) is 3.05. The van der Waals surface area contributed by atoms with Gasteiger partial charge in [0, 0.05) is 17.6 Å². The van der Waals surface area contributed by atoms with Crippen LogP contribution >= 0.6 is 11.3 Å². The normalized spacial score (nSPS) is 21.2. The summed E-state index contributed by atoms with van der Waals surface area (Å²) in [6.45, 7) is 4.00. The van der Waals surface area contributed by atoms with Crippen molar-refractivity contribution in [3.63, 3.8) is 0 Å². The molecule has 0 radical (unpaired) electrons. The number of carbonyl (C=O) groups is 1. The zero-order valence-corrected chi connectivity index (χ0v) is 15.8. The minimum Gasteiger partial charge on any atom is -0.491 e. The van der Waals surface area contributed by atoms with E-state index in [0.29, 0.717) is 31.1 Å². The molecule has 1 atom stereocenters. The van der Waals surface area contributed by atoms with E-state index in [9.17, 15) is 9.90 Å². The van der Waals surface area contributed by atoms with E-state index >= 15 is 0 Å². The maximum absolute atomic E-state index is 12.2. The van der Waals surface area contributed by atoms with Crippen LogP contribution in [0.5, 0.6) is 5.75 Å². The molecule has 0 saturated carbocycles. The largest absolute Gasteiger partial charge is 0.491 e. The van der Waals surface area contributed by atoms with Gasteiger partial charge in [-0.3, -0.25) is 9.69 Å². The molecule has 2 heterocycles. The molecule has 1 aromatic carbocycles. The first-order valence-electron chi connectivity index (χ1n) is 8.87. The number of aryl methyl sites for hydroxylation is 1. The van der Waals surface area contributed by atoms with Gasteiger partial charge in [-0.2, -0.15) is 0 Å². The molecule has 1 aliphatic heterocycles. The quantitative estimate of drug-likeness (QED) is 0.812. The van der Waals surface area contributed by atoms with Gasteiger partial charge in [0.15, 0.2) is 5.13 Å². The predicted molar refractivity (Wildman–Crippen MR) is 103 cm³/mol. The van der Waals surface area contributed by atoms with Crippen molar-refractivity contribution in [2.75, 3.05) is 31.6 Å². The zero-order valence-electron chi connectivity index (χ0n) is 15.0. The van der Waals surface area contributed by atoms with E-state index in [1.54, 1.807) is 6.20 Å². The molecule has 0 spiro atoms. The molecule has 7 heteroatoms. The SMILES string of the molecule is Cc1cnc(NC(=O)CN2CCCC(O)(COc3ccccc3)CC2)s1. The number of rotatable bonds is 6. The summed E-state index contributed by atoms with van der Waals surface area (Å²) >= 11 is 1.47. The summed E-state index contributed by atoms with van der Waals surface area (Å²) in [4.78, 5) is 19.5. The van der Waals surface area contributed by atoms with Crippen LogP contribution in [0.4, 0.5) is 5.13 Å². The van der Waals surface area contributed by atoms with Crippen molar-refractivity contribution in [1.82, 2.24) is 9.88 Å². The minimum atomic E-state index is -0.854. The molecule has 2 N–H and O–H groups in total. The minimum absolute atomic E-state index is 0.0645. The van der Waals surface area contributed by atoms with Crippen molar-refractivity contribution >= 4 is 22.4 Å². The first-order chi connectivity index (χ1) is 12.5. The maximum Gasteiger partial charge on any atom is 0.240 e. The number of nitrogens with zero attached hydrogens (tertiary/aromatic N) is 2. The lowest BCUT2D eigenvalue weighted by atomic mass is 9.96. The van der Waals surface area contributed by atoms with Gasteiger partial charge in [-0.1, -0.05) is 18.2 Å². The van der Waals surface area contributed by atoms with Crippen molar-refractivity contribution in [2.45, 2.75) is 31.8 Å². The van der Waals surface area contributed by atoms with Crippen LogP contribution in [0.1, 0.15) is 24.1 Å². The van der Waals surface area contributed by atoms with E-state index in [1.165, 1.54) is 11.3 Å². The number of aliphatic hydroxyl groups is 1. The Morgan fingerprint density at radius 2 is 2.15 bits per heavy atom. The molecule has 0 bridgehead atoms. The zero-order chi connectivity index (χ0) is 18.4. The smallest absolute Gasteiger partial charge is 0.240 e. The lowest BCUT2D eigenvalue weighted by molar-refractivity contribution is -0.117. The Labute approximate surface area is 157 Å². The molecule has 1 aromatic heterocycles. The number of para-hydroxylation sites is 1. The summed E-state index contributed by atoms with van der Waals surface area (Å²) in [7, 11) is 0. The monoisotopic (exact) mass is 375 g/mol. The van der Waals surface area contributed by atoms with E-state index in [0.717, 1.165) is 23.6 Å². The molecular formula is C19H25N3O3S. The summed E-state index contributed by atoms with van der Waals surface area (Å²) in [5.41, 5.74) is -0.854. The average Bonchev–Trinajstić information content (AvgIpc) is 2.94. The first-order valence-corrected chi connectivity index (χ1v) is 9.69. The topological polar surface area (TPSA) is 74.7 Å². The number of hydrogen-bond acceptors (Lipinski definition) is 6. The second-order valence-electron chi connectivity index (χ2n) is 6.78. The van der Waals surface area contributed by atoms with Crippen molar-refractivity contribution in [3.8, 4) is 5.75 Å². The van der Waals surface area contributed by atoms with Crippen LogP contribution in [-0.2, 0) is 4.79 Å². The van der Waals surface area contributed by atoms with Crippen LogP contribution in [0.25, 0.3) is 0 Å². The fourth-order valence-corrected chi connectivity index (χ4v) is 3.73. The third-order valence-corrected chi connectivity index (χ3v) is 5.32. The van der Waals surface area contributed by atoms with Gasteiger partial charge in [-0.15, -0.1) is 11.3 Å². The number of likely N-dealkylation sites (tertiary alicyclic amines) is 1. The lowest BCUT2D eigenvalue weighted by Crippen LogP contribution is -2.38. The summed E-state index contributed by atoms with van der Waals surface area (Å²) in [5.74, 6) is 0.700. The van der Waals surface area contributed by atoms with Gasteiger partial charge in [-0.25, -0.2) is 4.98 Å². The second-order valence-corrected chi connectivity index (χ2v) is 8.01. The van der Waals surface area contributed by atoms with Gasteiger partial charge in [0.05, 0.1) is 12.1 Å². The highest BCUT2D eigenvalue weighted by atomic mass is 32.1. The predicted octanol–water partition coefficient (Wildman–Crippen LogP) is 2.69. The molecule has 140 valence electrons. The van der Waals surface area contributed by atoms with Crippen molar-refractivity contribution in [2.24, 2.45) is 0 Å². The molecule has 1 fully saturated rings. The third-order valence-electron chi connectivity index (χ3n) is 4.50. The molecule has 1 unspecified atom stereocenters. The molecule has 6 nitrogen and oxygen atoms in total. The Morgan fingerprint density at radius 1 is 1.35 bits per heavy atom. The molecule has 2 aromatic rings. The standard InChI is InChI=1S/C19H25N3O3S/c1-15-12-20-18(26-15)21-17(23)13-22-10-5-8-19(24,9-11-22)14-25-16-6-3-2-4-7-16/h2-4,6-7,12,24H,5,8-11,13-14H2,1H3,(H,20,21,23). The van der Waals surface area contributed by atoms with Crippen LogP contribution < -0.4 is 10.1 Å². The van der Waals surface area contributed by atoms with Crippen LogP contribution in [0.3, 0.4) is 0 Å². The van der Waals surface area contributed by atoms with Crippen LogP contribution in [0, 0.1) is 6.92 Å². The molecular weight excluding hydrogens is 350 g/mol. The Morgan fingerprint density at radius 3 is 2.88 bits per heavy atom. The average molecular weight is 375 g/mol. The number of nitrogens with one attached hydrogen (secondary N) is 1. The molecule has 26 heavy (non-hydrogen) atoms. The summed E-state index contributed by atoms with van der Waals surface area (Å²) in [6.07, 6.45) is 3.84. The highest BCUT2D eigenvalue weighted by Gasteiger charge is 2.31. The van der Waals surface area contributed by atoms with Gasteiger partial charge in [0.1, 0.15) is 12.4 Å². The highest BCUT2D eigenvalue weighted by Crippen LogP contribution is 2.24. The Balaban J connectivity index is 1.47. The number of amides is 1. The van der Waals surface area contributed by atoms with E-state index < -0.39 is 5.60 Å². The van der Waals surface area contributed by atoms with Gasteiger partial charge in [-0.05, 0) is 44.9 Å². The van der Waals surface area contributed by atoms with E-state index in [1.807, 2.05) is 37.3 Å². The second kappa shape index (κ2) is 8.62. The Kier molecular flexibility index (Phi) is 6.24. The summed E-state index contributed by atoms with van der Waals surface area (Å²) < 4.78 is 5.75. The van der Waals surface area contributed by atoms with E-state index in [4.69, 9.17) is 4.74 Å². The van der Waals surface area contributed by atoms with Crippen LogP contribution in [-0.4, -0.2) is 52.7 Å². The number of benzene rings is 1.